The van der Waals surface area contributed by atoms with Gasteiger partial charge in [-0.1, -0.05) is 65.2 Å². The third-order valence-corrected chi connectivity index (χ3v) is 10.3. The number of rotatable bonds is 6. The minimum absolute atomic E-state index is 0.0859. The number of nitrogen functional groups attached to an aromatic ring is 3. The summed E-state index contributed by atoms with van der Waals surface area (Å²) in [7, 11) is 0. The predicted octanol–water partition coefficient (Wildman–Crippen LogP) is 7.04. The first-order chi connectivity index (χ1) is 16.8. The van der Waals surface area contributed by atoms with Crippen molar-refractivity contribution in [2.75, 3.05) is 17.2 Å². The van der Waals surface area contributed by atoms with Crippen LogP contribution in [0.25, 0.3) is 0 Å². The van der Waals surface area contributed by atoms with E-state index in [2.05, 4.69) is 82.3 Å². The maximum absolute atomic E-state index is 6.54. The van der Waals surface area contributed by atoms with Crippen LogP contribution in [0, 0.1) is 5.41 Å². The van der Waals surface area contributed by atoms with E-state index >= 15 is 0 Å². The van der Waals surface area contributed by atoms with Crippen molar-refractivity contribution in [3.05, 3.63) is 88.0 Å². The molecule has 35 heavy (non-hydrogen) atoms. The molecule has 0 saturated heterocycles. The van der Waals surface area contributed by atoms with Crippen LogP contribution in [-0.2, 0) is 16.2 Å². The van der Waals surface area contributed by atoms with Crippen LogP contribution in [0.5, 0.6) is 0 Å². The number of benzene rings is 3. The molecule has 182 valence electrons. The first-order valence-corrected chi connectivity index (χ1v) is 13.5. The van der Waals surface area contributed by atoms with E-state index < -0.39 is 0 Å². The van der Waals surface area contributed by atoms with Crippen molar-refractivity contribution in [3.8, 4) is 0 Å². The summed E-state index contributed by atoms with van der Waals surface area (Å²) in [6.07, 6.45) is 6.61. The molecule has 3 heteroatoms. The maximum Gasteiger partial charge on any atom is 0.0317 e. The molecule has 6 rings (SSSR count). The first kappa shape index (κ1) is 22.5. The summed E-state index contributed by atoms with van der Waals surface area (Å²) in [4.78, 5) is 0. The molecule has 3 aliphatic carbocycles. The van der Waals surface area contributed by atoms with E-state index in [0.29, 0.717) is 0 Å². The Morgan fingerprint density at radius 1 is 0.486 bits per heavy atom. The minimum atomic E-state index is -0.131. The fourth-order valence-corrected chi connectivity index (χ4v) is 9.69. The van der Waals surface area contributed by atoms with Gasteiger partial charge in [-0.2, -0.15) is 0 Å². The van der Waals surface area contributed by atoms with Gasteiger partial charge >= 0.3 is 0 Å². The normalized spacial score (nSPS) is 31.2. The van der Waals surface area contributed by atoms with Crippen LogP contribution in [0.2, 0.25) is 0 Å². The molecule has 3 unspecified atom stereocenters. The Morgan fingerprint density at radius 3 is 1.03 bits per heavy atom. The molecule has 0 bridgehead atoms. The fourth-order valence-electron chi connectivity index (χ4n) is 9.69. The Labute approximate surface area is 210 Å². The quantitative estimate of drug-likeness (QED) is 0.342. The largest absolute Gasteiger partial charge is 0.399 e. The van der Waals surface area contributed by atoms with Crippen LogP contribution in [0.3, 0.4) is 0 Å². The second-order valence-corrected chi connectivity index (χ2v) is 11.5. The molecule has 0 saturated carbocycles. The Hall–Kier alpha value is -2.94. The summed E-state index contributed by atoms with van der Waals surface area (Å²) in [6, 6.07) is 20.3. The van der Waals surface area contributed by atoms with Crippen molar-refractivity contribution in [2.45, 2.75) is 82.5 Å². The molecule has 0 heterocycles. The molecule has 0 radical (unpaired) electrons. The highest BCUT2D eigenvalue weighted by Gasteiger charge is 2.82. The maximum atomic E-state index is 6.54. The van der Waals surface area contributed by atoms with Gasteiger partial charge in [0.2, 0.25) is 0 Å². The highest BCUT2D eigenvalue weighted by atomic mass is 14.8. The fraction of sp³-hybridized carbons (Fsp3) is 0.438. The van der Waals surface area contributed by atoms with E-state index in [1.807, 2.05) is 0 Å². The zero-order valence-corrected chi connectivity index (χ0v) is 21.7. The number of fused-ring (bicyclic) bond motifs is 9. The molecular weight excluding hydrogens is 426 g/mol. The lowest BCUT2D eigenvalue weighted by Gasteiger charge is -2.53. The molecule has 0 amide bonds. The molecule has 3 aromatic carbocycles. The Kier molecular flexibility index (Phi) is 4.54. The van der Waals surface area contributed by atoms with Gasteiger partial charge in [-0.3, -0.25) is 0 Å². The van der Waals surface area contributed by atoms with Crippen molar-refractivity contribution < 1.29 is 0 Å². The zero-order chi connectivity index (χ0) is 24.8. The van der Waals surface area contributed by atoms with Crippen LogP contribution >= 0.6 is 0 Å². The van der Waals surface area contributed by atoms with E-state index in [4.69, 9.17) is 17.2 Å². The highest BCUT2D eigenvalue weighted by molar-refractivity contribution is 5.80. The summed E-state index contributed by atoms with van der Waals surface area (Å²) in [5.74, 6) is 0. The van der Waals surface area contributed by atoms with E-state index in [1.165, 1.54) is 33.4 Å². The summed E-state index contributed by atoms with van der Waals surface area (Å²) in [5, 5.41) is 0. The topological polar surface area (TPSA) is 78.1 Å². The van der Waals surface area contributed by atoms with Gasteiger partial charge < -0.3 is 17.2 Å². The molecule has 3 aromatic rings. The van der Waals surface area contributed by atoms with E-state index in [0.717, 1.165) is 55.6 Å². The molecule has 0 spiro atoms. The summed E-state index contributed by atoms with van der Waals surface area (Å²) < 4.78 is 0. The predicted molar refractivity (Wildman–Crippen MR) is 148 cm³/mol. The zero-order valence-electron chi connectivity index (χ0n) is 21.7. The molecule has 0 aliphatic heterocycles. The van der Waals surface area contributed by atoms with Gasteiger partial charge in [0.05, 0.1) is 0 Å². The molecule has 3 atom stereocenters. The van der Waals surface area contributed by atoms with E-state index in [9.17, 15) is 0 Å². The van der Waals surface area contributed by atoms with E-state index in [-0.39, 0.29) is 21.7 Å². The average Bonchev–Trinajstić information content (AvgIpc) is 3.22. The average molecular weight is 466 g/mol. The number of nitrogens with two attached hydrogens (primary N) is 3. The lowest BCUT2D eigenvalue weighted by Crippen LogP contribution is -2.54. The van der Waals surface area contributed by atoms with Gasteiger partial charge in [0.25, 0.3) is 0 Å². The van der Waals surface area contributed by atoms with Crippen LogP contribution in [0.15, 0.2) is 54.6 Å². The smallest absolute Gasteiger partial charge is 0.0317 e. The van der Waals surface area contributed by atoms with E-state index in [1.54, 1.807) is 0 Å². The first-order valence-electron chi connectivity index (χ1n) is 13.5. The summed E-state index contributed by atoms with van der Waals surface area (Å²) in [5.41, 5.74) is 30.4. The SMILES string of the molecule is CCCC12c3ccc(N)cc3C3(CCC)c4ccc(N)cc4C(CCC)(c4ccc(N)cc41)C23C. The van der Waals surface area contributed by atoms with Crippen LogP contribution in [0.4, 0.5) is 17.1 Å². The van der Waals surface area contributed by atoms with Crippen molar-refractivity contribution in [3.63, 3.8) is 0 Å². The Morgan fingerprint density at radius 2 is 0.771 bits per heavy atom. The number of hydrogen-bond donors (Lipinski definition) is 3. The second-order valence-electron chi connectivity index (χ2n) is 11.5. The lowest BCUT2D eigenvalue weighted by atomic mass is 9.48. The van der Waals surface area contributed by atoms with Gasteiger partial charge in [0.1, 0.15) is 0 Å². The standard InChI is InChI=1S/C32H39N3/c1-5-14-30-23-11-8-21(34)18-27(23)32(16-7-3)25-13-10-22(35)19-28(25)31(15-6-2,29(30,32)4)24-12-9-20(33)17-26(24)30/h8-13,17-19H,5-7,14-16,33-35H2,1-4H3. The molecular formula is C32H39N3. The number of hydrogen-bond acceptors (Lipinski definition) is 3. The third-order valence-electron chi connectivity index (χ3n) is 10.3. The van der Waals surface area contributed by atoms with Crippen molar-refractivity contribution >= 4 is 17.1 Å². The molecule has 0 fully saturated rings. The van der Waals surface area contributed by atoms with Gasteiger partial charge in [0.15, 0.2) is 0 Å². The molecule has 0 aromatic heterocycles. The lowest BCUT2D eigenvalue weighted by molar-refractivity contribution is 0.0540. The second kappa shape index (κ2) is 7.06. The van der Waals surface area contributed by atoms with Crippen LogP contribution in [0.1, 0.15) is 99.6 Å². The molecule has 3 aliphatic rings. The third kappa shape index (κ3) is 2.13. The van der Waals surface area contributed by atoms with Gasteiger partial charge in [-0.05, 0) is 89.0 Å². The number of anilines is 3. The van der Waals surface area contributed by atoms with Crippen molar-refractivity contribution in [1.82, 2.24) is 0 Å². The van der Waals surface area contributed by atoms with Gasteiger partial charge in [-0.15, -0.1) is 0 Å². The monoisotopic (exact) mass is 465 g/mol. The Bertz CT molecular complexity index is 1190. The van der Waals surface area contributed by atoms with Gasteiger partial charge in [0, 0.05) is 38.7 Å². The van der Waals surface area contributed by atoms with Crippen LogP contribution in [-0.4, -0.2) is 0 Å². The van der Waals surface area contributed by atoms with Crippen molar-refractivity contribution in [1.29, 1.82) is 0 Å². The van der Waals surface area contributed by atoms with Crippen LogP contribution < -0.4 is 17.2 Å². The summed E-state index contributed by atoms with van der Waals surface area (Å²) >= 11 is 0. The minimum Gasteiger partial charge on any atom is -0.399 e. The van der Waals surface area contributed by atoms with Gasteiger partial charge in [-0.25, -0.2) is 0 Å². The highest BCUT2D eigenvalue weighted by Crippen LogP contribution is 2.85. The Balaban J connectivity index is 1.92. The van der Waals surface area contributed by atoms with Crippen molar-refractivity contribution in [2.24, 2.45) is 5.41 Å². The molecule has 3 nitrogen and oxygen atoms in total. The molecule has 6 N–H and O–H groups in total. The summed E-state index contributed by atoms with van der Waals surface area (Å²) in [6.45, 7) is 9.62.